The van der Waals surface area contributed by atoms with E-state index in [-0.39, 0.29) is 0 Å². The highest BCUT2D eigenvalue weighted by atomic mass is 16.3. The Morgan fingerprint density at radius 2 is 2.43 bits per heavy atom. The molecule has 1 fully saturated rings. The van der Waals surface area contributed by atoms with Gasteiger partial charge < -0.3 is 4.42 Å². The lowest BCUT2D eigenvalue weighted by Gasteiger charge is -2.34. The fourth-order valence-corrected chi connectivity index (χ4v) is 2.35. The highest BCUT2D eigenvalue weighted by Gasteiger charge is 2.24. The van der Waals surface area contributed by atoms with Gasteiger partial charge in [0, 0.05) is 0 Å². The second kappa shape index (κ2) is 4.65. The SMILES string of the molecule is CCCN1CCCC[C@@H]1c1ccco1. The number of hydrogen-bond acceptors (Lipinski definition) is 2. The summed E-state index contributed by atoms with van der Waals surface area (Å²) in [6, 6.07) is 4.64. The van der Waals surface area contributed by atoms with Gasteiger partial charge in [0.25, 0.3) is 0 Å². The summed E-state index contributed by atoms with van der Waals surface area (Å²) in [4.78, 5) is 2.56. The quantitative estimate of drug-likeness (QED) is 0.733. The third-order valence-electron chi connectivity index (χ3n) is 3.00. The maximum absolute atomic E-state index is 5.51. The van der Waals surface area contributed by atoms with Crippen LogP contribution >= 0.6 is 0 Å². The Labute approximate surface area is 85.9 Å². The number of piperidine rings is 1. The predicted molar refractivity (Wildman–Crippen MR) is 57.2 cm³/mol. The van der Waals surface area contributed by atoms with Crippen LogP contribution in [0.3, 0.4) is 0 Å². The van der Waals surface area contributed by atoms with Crippen LogP contribution in [-0.2, 0) is 0 Å². The zero-order chi connectivity index (χ0) is 9.80. The minimum Gasteiger partial charge on any atom is -0.468 e. The molecule has 1 aromatic heterocycles. The van der Waals surface area contributed by atoms with Gasteiger partial charge >= 0.3 is 0 Å². The van der Waals surface area contributed by atoms with Crippen molar-refractivity contribution in [3.8, 4) is 0 Å². The van der Waals surface area contributed by atoms with E-state index in [0.717, 1.165) is 5.76 Å². The van der Waals surface area contributed by atoms with Gasteiger partial charge in [-0.15, -0.1) is 0 Å². The van der Waals surface area contributed by atoms with Gasteiger partial charge in [0.2, 0.25) is 0 Å². The van der Waals surface area contributed by atoms with E-state index < -0.39 is 0 Å². The van der Waals surface area contributed by atoms with Crippen LogP contribution < -0.4 is 0 Å². The lowest BCUT2D eigenvalue weighted by atomic mass is 10.00. The largest absolute Gasteiger partial charge is 0.468 e. The van der Waals surface area contributed by atoms with Crippen molar-refractivity contribution in [1.82, 2.24) is 4.90 Å². The fourth-order valence-electron chi connectivity index (χ4n) is 2.35. The number of nitrogens with zero attached hydrogens (tertiary/aromatic N) is 1. The van der Waals surface area contributed by atoms with E-state index in [4.69, 9.17) is 4.42 Å². The monoisotopic (exact) mass is 193 g/mol. The topological polar surface area (TPSA) is 16.4 Å². The van der Waals surface area contributed by atoms with Crippen LogP contribution in [0, 0.1) is 0 Å². The van der Waals surface area contributed by atoms with Gasteiger partial charge in [-0.2, -0.15) is 0 Å². The molecule has 2 heteroatoms. The molecule has 1 aromatic rings. The second-order valence-electron chi connectivity index (χ2n) is 4.06. The average molecular weight is 193 g/mol. The normalized spacial score (nSPS) is 23.9. The van der Waals surface area contributed by atoms with Crippen LogP contribution in [0.25, 0.3) is 0 Å². The molecule has 1 saturated heterocycles. The van der Waals surface area contributed by atoms with Crippen LogP contribution in [0.2, 0.25) is 0 Å². The van der Waals surface area contributed by atoms with Gasteiger partial charge in [-0.3, -0.25) is 4.90 Å². The average Bonchev–Trinajstić information content (AvgIpc) is 2.72. The first kappa shape index (κ1) is 9.78. The van der Waals surface area contributed by atoms with Crippen molar-refractivity contribution >= 4 is 0 Å². The summed E-state index contributed by atoms with van der Waals surface area (Å²) in [5.74, 6) is 1.15. The number of hydrogen-bond donors (Lipinski definition) is 0. The van der Waals surface area contributed by atoms with Crippen LogP contribution in [-0.4, -0.2) is 18.0 Å². The zero-order valence-corrected chi connectivity index (χ0v) is 8.91. The van der Waals surface area contributed by atoms with E-state index in [1.165, 1.54) is 38.8 Å². The Morgan fingerprint density at radius 3 is 3.14 bits per heavy atom. The molecule has 1 aliphatic heterocycles. The lowest BCUT2D eigenvalue weighted by molar-refractivity contribution is 0.130. The van der Waals surface area contributed by atoms with Crippen LogP contribution in [0.15, 0.2) is 22.8 Å². The minimum absolute atomic E-state index is 0.540. The second-order valence-corrected chi connectivity index (χ2v) is 4.06. The molecule has 78 valence electrons. The standard InChI is InChI=1S/C12H19NO/c1-2-8-13-9-4-3-6-11(13)12-7-5-10-14-12/h5,7,10-11H,2-4,6,8-9H2,1H3/t11-/m1/s1. The molecule has 0 radical (unpaired) electrons. The van der Waals surface area contributed by atoms with Gasteiger partial charge in [-0.1, -0.05) is 13.3 Å². The summed E-state index contributed by atoms with van der Waals surface area (Å²) in [7, 11) is 0. The van der Waals surface area contributed by atoms with Crippen molar-refractivity contribution in [2.24, 2.45) is 0 Å². The van der Waals surface area contributed by atoms with Gasteiger partial charge in [0.05, 0.1) is 12.3 Å². The molecule has 2 nitrogen and oxygen atoms in total. The van der Waals surface area contributed by atoms with Crippen LogP contribution in [0.4, 0.5) is 0 Å². The lowest BCUT2D eigenvalue weighted by Crippen LogP contribution is -2.33. The molecule has 0 unspecified atom stereocenters. The number of rotatable bonds is 3. The summed E-state index contributed by atoms with van der Waals surface area (Å²) in [5, 5.41) is 0. The Morgan fingerprint density at radius 1 is 1.50 bits per heavy atom. The first-order valence-electron chi connectivity index (χ1n) is 5.69. The molecule has 0 aromatic carbocycles. The summed E-state index contributed by atoms with van der Waals surface area (Å²) in [6.45, 7) is 4.68. The van der Waals surface area contributed by atoms with Crippen molar-refractivity contribution in [3.05, 3.63) is 24.2 Å². The molecule has 0 N–H and O–H groups in total. The van der Waals surface area contributed by atoms with Crippen LogP contribution in [0.5, 0.6) is 0 Å². The molecular formula is C12H19NO. The van der Waals surface area contributed by atoms with Crippen molar-refractivity contribution in [1.29, 1.82) is 0 Å². The zero-order valence-electron chi connectivity index (χ0n) is 8.91. The highest BCUT2D eigenvalue weighted by Crippen LogP contribution is 2.30. The molecule has 14 heavy (non-hydrogen) atoms. The van der Waals surface area contributed by atoms with E-state index in [0.29, 0.717) is 6.04 Å². The minimum atomic E-state index is 0.540. The van der Waals surface area contributed by atoms with E-state index in [9.17, 15) is 0 Å². The Bertz CT molecular complexity index is 253. The third kappa shape index (κ3) is 2.01. The molecule has 2 rings (SSSR count). The predicted octanol–water partition coefficient (Wildman–Crippen LogP) is 3.22. The van der Waals surface area contributed by atoms with Crippen molar-refractivity contribution in [3.63, 3.8) is 0 Å². The van der Waals surface area contributed by atoms with Gasteiger partial charge in [0.15, 0.2) is 0 Å². The summed E-state index contributed by atoms with van der Waals surface area (Å²) >= 11 is 0. The Hall–Kier alpha value is -0.760. The molecule has 1 atom stereocenters. The molecule has 0 aliphatic carbocycles. The van der Waals surface area contributed by atoms with Crippen molar-refractivity contribution in [2.45, 2.75) is 38.6 Å². The highest BCUT2D eigenvalue weighted by molar-refractivity contribution is 5.05. The van der Waals surface area contributed by atoms with Crippen molar-refractivity contribution < 1.29 is 4.42 Å². The first-order chi connectivity index (χ1) is 6.92. The maximum Gasteiger partial charge on any atom is 0.120 e. The molecule has 1 aliphatic rings. The van der Waals surface area contributed by atoms with E-state index >= 15 is 0 Å². The number of furan rings is 1. The van der Waals surface area contributed by atoms with Gasteiger partial charge in [-0.05, 0) is 44.5 Å². The number of likely N-dealkylation sites (tertiary alicyclic amines) is 1. The summed E-state index contributed by atoms with van der Waals surface area (Å²) in [6.07, 6.45) is 6.96. The molecule has 0 saturated carbocycles. The molecule has 0 spiro atoms. The summed E-state index contributed by atoms with van der Waals surface area (Å²) in [5.41, 5.74) is 0. The Balaban J connectivity index is 2.06. The van der Waals surface area contributed by atoms with Crippen molar-refractivity contribution in [2.75, 3.05) is 13.1 Å². The fraction of sp³-hybridized carbons (Fsp3) is 0.667. The third-order valence-corrected chi connectivity index (χ3v) is 3.00. The Kier molecular flexibility index (Phi) is 3.25. The van der Waals surface area contributed by atoms with E-state index in [1.807, 2.05) is 6.07 Å². The maximum atomic E-state index is 5.51. The van der Waals surface area contributed by atoms with E-state index in [2.05, 4.69) is 17.9 Å². The smallest absolute Gasteiger partial charge is 0.120 e. The van der Waals surface area contributed by atoms with Gasteiger partial charge in [-0.25, -0.2) is 0 Å². The molecule has 0 bridgehead atoms. The first-order valence-corrected chi connectivity index (χ1v) is 5.69. The van der Waals surface area contributed by atoms with Gasteiger partial charge in [0.1, 0.15) is 5.76 Å². The van der Waals surface area contributed by atoms with E-state index in [1.54, 1.807) is 6.26 Å². The van der Waals surface area contributed by atoms with Crippen LogP contribution in [0.1, 0.15) is 44.4 Å². The molecule has 2 heterocycles. The molecule has 0 amide bonds. The molecular weight excluding hydrogens is 174 g/mol. The summed E-state index contributed by atoms with van der Waals surface area (Å²) < 4.78 is 5.51.